The van der Waals surface area contributed by atoms with Gasteiger partial charge in [-0.25, -0.2) is 24.0 Å². The van der Waals surface area contributed by atoms with E-state index in [1.165, 1.54) is 113 Å². The molecule has 1 atom stereocenters. The van der Waals surface area contributed by atoms with Gasteiger partial charge >= 0.3 is 29.8 Å². The molecule has 11 heteroatoms. The molecular weight excluding hydrogens is 849 g/mol. The van der Waals surface area contributed by atoms with Gasteiger partial charge in [0.25, 0.3) is 0 Å². The van der Waals surface area contributed by atoms with E-state index in [0.29, 0.717) is 12.2 Å². The van der Waals surface area contributed by atoms with Crippen LogP contribution in [0.5, 0.6) is 23.0 Å². The quantitative estimate of drug-likeness (QED) is 0.0205. The molecule has 0 aromatic heterocycles. The van der Waals surface area contributed by atoms with Crippen molar-refractivity contribution in [1.29, 1.82) is 0 Å². The summed E-state index contributed by atoms with van der Waals surface area (Å²) in [6.45, 7) is 8.35. The maximum absolute atomic E-state index is 13.0. The van der Waals surface area contributed by atoms with E-state index < -0.39 is 36.0 Å². The van der Waals surface area contributed by atoms with Crippen molar-refractivity contribution in [3.63, 3.8) is 0 Å². The third-order valence-corrected chi connectivity index (χ3v) is 10.9. The SMILES string of the molecule is C=CCCCCCCCCCOc1ccc(-c2ccc(C(=O)Oc3cccc(C(=O)Oc4ccc(C(=O)Oc5ccc(C(=O)OC(C)C(=O)OCCCCCCCC)cc5)cc4)c3)cc2)cc1. The maximum atomic E-state index is 13.0. The molecule has 352 valence electrons. The Morgan fingerprint density at radius 2 is 0.925 bits per heavy atom. The number of esters is 5. The summed E-state index contributed by atoms with van der Waals surface area (Å²) in [6.07, 6.45) is 16.8. The highest BCUT2D eigenvalue weighted by Crippen LogP contribution is 2.25. The van der Waals surface area contributed by atoms with Crippen LogP contribution in [-0.4, -0.2) is 49.2 Å². The van der Waals surface area contributed by atoms with E-state index in [4.69, 9.17) is 28.4 Å². The second-order valence-electron chi connectivity index (χ2n) is 16.2. The first kappa shape index (κ1) is 51.0. The van der Waals surface area contributed by atoms with Crippen molar-refractivity contribution in [2.45, 2.75) is 110 Å². The van der Waals surface area contributed by atoms with Gasteiger partial charge in [-0.1, -0.05) is 108 Å². The average molecular weight is 911 g/mol. The molecule has 0 amide bonds. The molecule has 5 aromatic rings. The Bertz CT molecular complexity index is 2330. The molecule has 0 radical (unpaired) electrons. The van der Waals surface area contributed by atoms with Gasteiger partial charge in [0.1, 0.15) is 23.0 Å². The lowest BCUT2D eigenvalue weighted by Gasteiger charge is -2.13. The number of carbonyl (C=O) groups is 5. The second kappa shape index (κ2) is 28.1. The Balaban J connectivity index is 1.02. The number of rotatable bonds is 28. The van der Waals surface area contributed by atoms with Crippen molar-refractivity contribution in [3.8, 4) is 34.1 Å². The van der Waals surface area contributed by atoms with Gasteiger partial charge in [0.2, 0.25) is 0 Å². The Morgan fingerprint density at radius 1 is 0.478 bits per heavy atom. The second-order valence-corrected chi connectivity index (χ2v) is 16.2. The highest BCUT2D eigenvalue weighted by Gasteiger charge is 2.21. The zero-order chi connectivity index (χ0) is 47.6. The standard InChI is InChI=1S/C56H62O11/c1-4-6-8-10-12-13-14-16-17-38-62-48-32-26-43(27-33-48)42-22-24-44(25-23-42)55(60)67-51-21-19-20-47(40-51)56(61)66-50-36-30-46(31-37-50)54(59)65-49-34-28-45(29-35-49)53(58)64-41(3)52(57)63-39-18-15-11-9-7-5-2/h4,19-37,40-41H,1,5-18,38-39H2,2-3H3. The minimum absolute atomic E-state index is 0.146. The number of carbonyl (C=O) groups excluding carboxylic acids is 5. The lowest BCUT2D eigenvalue weighted by molar-refractivity contribution is -0.153. The molecule has 0 saturated carbocycles. The zero-order valence-electron chi connectivity index (χ0n) is 38.7. The topological polar surface area (TPSA) is 141 Å². The van der Waals surface area contributed by atoms with E-state index in [1.54, 1.807) is 24.3 Å². The number of hydrogen-bond donors (Lipinski definition) is 0. The van der Waals surface area contributed by atoms with Crippen LogP contribution in [0.1, 0.15) is 145 Å². The number of allylic oxidation sites excluding steroid dienone is 1. The third-order valence-electron chi connectivity index (χ3n) is 10.9. The molecule has 5 aromatic carbocycles. The van der Waals surface area contributed by atoms with E-state index >= 15 is 0 Å². The van der Waals surface area contributed by atoms with Gasteiger partial charge in [-0.15, -0.1) is 6.58 Å². The molecular formula is C56H62O11. The fraction of sp³-hybridized carbons (Fsp3) is 0.339. The predicted octanol–water partition coefficient (Wildman–Crippen LogP) is 13.1. The van der Waals surface area contributed by atoms with Gasteiger partial charge in [-0.3, -0.25) is 0 Å². The van der Waals surface area contributed by atoms with E-state index in [-0.39, 0.29) is 40.5 Å². The molecule has 0 heterocycles. The molecule has 0 aliphatic carbocycles. The van der Waals surface area contributed by atoms with Crippen LogP contribution in [0.15, 0.2) is 134 Å². The molecule has 0 saturated heterocycles. The van der Waals surface area contributed by atoms with Gasteiger partial charge in [0.15, 0.2) is 6.10 Å². The van der Waals surface area contributed by atoms with Crippen LogP contribution in [0.3, 0.4) is 0 Å². The first-order valence-corrected chi connectivity index (χ1v) is 23.4. The largest absolute Gasteiger partial charge is 0.494 e. The minimum Gasteiger partial charge on any atom is -0.494 e. The summed E-state index contributed by atoms with van der Waals surface area (Å²) in [4.78, 5) is 63.8. The van der Waals surface area contributed by atoms with Crippen molar-refractivity contribution < 1.29 is 52.4 Å². The molecule has 1 unspecified atom stereocenters. The summed E-state index contributed by atoms with van der Waals surface area (Å²) in [7, 11) is 0. The van der Waals surface area contributed by atoms with E-state index in [2.05, 4.69) is 13.5 Å². The molecule has 0 bridgehead atoms. The molecule has 0 N–H and O–H groups in total. The van der Waals surface area contributed by atoms with Gasteiger partial charge in [0.05, 0.1) is 35.5 Å². The smallest absolute Gasteiger partial charge is 0.347 e. The lowest BCUT2D eigenvalue weighted by Crippen LogP contribution is -2.26. The van der Waals surface area contributed by atoms with Crippen LogP contribution in [0, 0.1) is 0 Å². The van der Waals surface area contributed by atoms with E-state index in [0.717, 1.165) is 61.8 Å². The molecule has 5 rings (SSSR count). The van der Waals surface area contributed by atoms with Crippen molar-refractivity contribution in [1.82, 2.24) is 0 Å². The Morgan fingerprint density at radius 3 is 1.49 bits per heavy atom. The Kier molecular flexibility index (Phi) is 21.4. The minimum atomic E-state index is -1.08. The van der Waals surface area contributed by atoms with Crippen LogP contribution in [-0.2, 0) is 14.3 Å². The van der Waals surface area contributed by atoms with E-state index in [1.807, 2.05) is 42.5 Å². The lowest BCUT2D eigenvalue weighted by atomic mass is 10.0. The molecule has 0 aliphatic heterocycles. The Labute approximate surface area is 394 Å². The zero-order valence-corrected chi connectivity index (χ0v) is 38.7. The predicted molar refractivity (Wildman–Crippen MR) is 258 cm³/mol. The van der Waals surface area contributed by atoms with Crippen LogP contribution in [0.4, 0.5) is 0 Å². The summed E-state index contributed by atoms with van der Waals surface area (Å²) in [5.74, 6) is -1.97. The fourth-order valence-electron chi connectivity index (χ4n) is 6.96. The van der Waals surface area contributed by atoms with E-state index in [9.17, 15) is 24.0 Å². The fourth-order valence-corrected chi connectivity index (χ4v) is 6.96. The average Bonchev–Trinajstić information content (AvgIpc) is 3.35. The Hall–Kier alpha value is -7.01. The highest BCUT2D eigenvalue weighted by atomic mass is 16.6. The summed E-state index contributed by atoms with van der Waals surface area (Å²) in [5, 5.41) is 0. The van der Waals surface area contributed by atoms with Gasteiger partial charge in [0, 0.05) is 0 Å². The maximum Gasteiger partial charge on any atom is 0.347 e. The first-order chi connectivity index (χ1) is 32.6. The molecule has 0 fully saturated rings. The van der Waals surface area contributed by atoms with Gasteiger partial charge in [-0.2, -0.15) is 0 Å². The first-order valence-electron chi connectivity index (χ1n) is 23.4. The van der Waals surface area contributed by atoms with Crippen LogP contribution in [0.2, 0.25) is 0 Å². The van der Waals surface area contributed by atoms with Crippen molar-refractivity contribution >= 4 is 29.8 Å². The highest BCUT2D eigenvalue weighted by molar-refractivity contribution is 5.95. The molecule has 67 heavy (non-hydrogen) atoms. The summed E-state index contributed by atoms with van der Waals surface area (Å²) in [5.41, 5.74) is 2.75. The normalized spacial score (nSPS) is 11.2. The monoisotopic (exact) mass is 910 g/mol. The van der Waals surface area contributed by atoms with Crippen molar-refractivity contribution in [2.24, 2.45) is 0 Å². The number of unbranched alkanes of at least 4 members (excludes halogenated alkanes) is 12. The molecule has 0 spiro atoms. The van der Waals surface area contributed by atoms with Crippen LogP contribution in [0.25, 0.3) is 11.1 Å². The number of benzene rings is 5. The molecule has 0 aliphatic rings. The molecule has 11 nitrogen and oxygen atoms in total. The van der Waals surface area contributed by atoms with Crippen LogP contribution >= 0.6 is 0 Å². The number of hydrogen-bond acceptors (Lipinski definition) is 11. The summed E-state index contributed by atoms with van der Waals surface area (Å²) >= 11 is 0. The van der Waals surface area contributed by atoms with Crippen molar-refractivity contribution in [3.05, 3.63) is 156 Å². The third kappa shape index (κ3) is 17.7. The summed E-state index contributed by atoms with van der Waals surface area (Å²) in [6, 6.07) is 32.5. The number of ether oxygens (including phenoxy) is 6. The summed E-state index contributed by atoms with van der Waals surface area (Å²) < 4.78 is 33.0. The van der Waals surface area contributed by atoms with Crippen LogP contribution < -0.4 is 18.9 Å². The van der Waals surface area contributed by atoms with Gasteiger partial charge in [-0.05, 0) is 135 Å². The van der Waals surface area contributed by atoms with Crippen molar-refractivity contribution in [2.75, 3.05) is 13.2 Å². The van der Waals surface area contributed by atoms with Gasteiger partial charge < -0.3 is 28.4 Å².